The molecule has 2 N–H and O–H groups in total. The molecule has 168 valence electrons. The van der Waals surface area contributed by atoms with Gasteiger partial charge in [-0.05, 0) is 71.5 Å². The number of amides is 2. The van der Waals surface area contributed by atoms with E-state index in [0.29, 0.717) is 6.54 Å². The molecule has 31 heavy (non-hydrogen) atoms. The molecule has 2 aromatic rings. The maximum Gasteiger partial charge on any atom is 0.407 e. The first-order valence-electron chi connectivity index (χ1n) is 10.9. The lowest BCUT2D eigenvalue weighted by Crippen LogP contribution is -2.51. The van der Waals surface area contributed by atoms with Crippen molar-refractivity contribution in [2.75, 3.05) is 13.7 Å². The molecule has 0 spiro atoms. The van der Waals surface area contributed by atoms with Gasteiger partial charge in [-0.3, -0.25) is 4.79 Å². The second-order valence-corrected chi connectivity index (χ2v) is 10.9. The number of halogens is 1. The molecule has 7 nitrogen and oxygen atoms in total. The number of imidazole rings is 1. The second-order valence-electron chi connectivity index (χ2n) is 8.60. The second kappa shape index (κ2) is 9.32. The third-order valence-corrected chi connectivity index (χ3v) is 8.31. The van der Waals surface area contributed by atoms with Gasteiger partial charge in [0.2, 0.25) is 5.91 Å². The Morgan fingerprint density at radius 3 is 2.74 bits per heavy atom. The third-order valence-electron chi connectivity index (χ3n) is 6.25. The molecule has 2 amide bonds. The van der Waals surface area contributed by atoms with Crippen molar-refractivity contribution in [2.45, 2.75) is 64.5 Å². The monoisotopic (exact) mass is 508 g/mol. The van der Waals surface area contributed by atoms with E-state index in [9.17, 15) is 9.59 Å². The SMILES string of the molecule is COC(=O)N[C@H](C(=O)N1CCC[C@H]1c1ncc(-c2sc(Br)c3c2CCCC3)[nH]1)C(C)C. The van der Waals surface area contributed by atoms with Crippen LogP contribution in [0.15, 0.2) is 9.98 Å². The molecule has 1 aliphatic carbocycles. The van der Waals surface area contributed by atoms with Gasteiger partial charge in [0, 0.05) is 6.54 Å². The minimum absolute atomic E-state index is 0.0463. The number of carbonyl (C=O) groups excluding carboxylic acids is 2. The molecule has 2 aromatic heterocycles. The normalized spacial score (nSPS) is 19.4. The maximum absolute atomic E-state index is 13.3. The summed E-state index contributed by atoms with van der Waals surface area (Å²) in [6.45, 7) is 4.50. The Morgan fingerprint density at radius 2 is 2.03 bits per heavy atom. The van der Waals surface area contributed by atoms with E-state index >= 15 is 0 Å². The Balaban J connectivity index is 1.57. The van der Waals surface area contributed by atoms with Gasteiger partial charge in [-0.15, -0.1) is 11.3 Å². The van der Waals surface area contributed by atoms with E-state index < -0.39 is 12.1 Å². The van der Waals surface area contributed by atoms with E-state index in [0.717, 1.165) is 37.2 Å². The fraction of sp³-hybridized carbons (Fsp3) is 0.591. The highest BCUT2D eigenvalue weighted by molar-refractivity contribution is 9.11. The number of alkyl carbamates (subject to hydrolysis) is 1. The zero-order valence-corrected chi connectivity index (χ0v) is 20.6. The van der Waals surface area contributed by atoms with Gasteiger partial charge in [0.05, 0.1) is 33.7 Å². The number of likely N-dealkylation sites (tertiary alicyclic amines) is 1. The third kappa shape index (κ3) is 4.39. The summed E-state index contributed by atoms with van der Waals surface area (Å²) in [5.41, 5.74) is 3.89. The van der Waals surface area contributed by atoms with Crippen LogP contribution >= 0.6 is 27.3 Å². The van der Waals surface area contributed by atoms with Gasteiger partial charge in [-0.1, -0.05) is 13.8 Å². The van der Waals surface area contributed by atoms with E-state index in [1.165, 1.54) is 39.7 Å². The van der Waals surface area contributed by atoms with Crippen LogP contribution in [0, 0.1) is 5.92 Å². The lowest BCUT2D eigenvalue weighted by atomic mass is 9.93. The highest BCUT2D eigenvalue weighted by Gasteiger charge is 2.37. The summed E-state index contributed by atoms with van der Waals surface area (Å²) in [6, 6.07) is -0.732. The number of hydrogen-bond acceptors (Lipinski definition) is 5. The lowest BCUT2D eigenvalue weighted by molar-refractivity contribution is -0.135. The van der Waals surface area contributed by atoms with E-state index in [-0.39, 0.29) is 17.9 Å². The number of H-pyrrole nitrogens is 1. The molecular weight excluding hydrogens is 480 g/mol. The number of methoxy groups -OCH3 is 1. The van der Waals surface area contributed by atoms with Crippen LogP contribution in [0.5, 0.6) is 0 Å². The molecular formula is C22H29BrN4O3S. The van der Waals surface area contributed by atoms with Crippen LogP contribution in [0.2, 0.25) is 0 Å². The molecule has 1 fully saturated rings. The Kier molecular flexibility index (Phi) is 6.71. The Morgan fingerprint density at radius 1 is 1.29 bits per heavy atom. The molecule has 4 rings (SSSR count). The molecule has 0 saturated carbocycles. The number of rotatable bonds is 5. The minimum atomic E-state index is -0.622. The number of aromatic amines is 1. The Labute approximate surface area is 195 Å². The molecule has 0 bridgehead atoms. The fourth-order valence-corrected chi connectivity index (χ4v) is 6.63. The number of carbonyl (C=O) groups is 2. The number of ether oxygens (including phenoxy) is 1. The molecule has 2 aliphatic rings. The quantitative estimate of drug-likeness (QED) is 0.605. The molecule has 9 heteroatoms. The van der Waals surface area contributed by atoms with Gasteiger partial charge in [-0.25, -0.2) is 9.78 Å². The van der Waals surface area contributed by atoms with Crippen LogP contribution in [0.1, 0.15) is 62.5 Å². The summed E-state index contributed by atoms with van der Waals surface area (Å²) < 4.78 is 5.93. The smallest absolute Gasteiger partial charge is 0.407 e. The molecule has 0 unspecified atom stereocenters. The zero-order chi connectivity index (χ0) is 22.1. The first-order chi connectivity index (χ1) is 14.9. The van der Waals surface area contributed by atoms with E-state index in [4.69, 9.17) is 4.74 Å². The number of aromatic nitrogens is 2. The standard InChI is InChI=1S/C22H29BrN4O3S/c1-12(2)17(26-22(29)30-3)21(28)27-10-6-9-16(27)20-24-11-15(25-20)18-13-7-4-5-8-14(13)19(23)31-18/h11-12,16-17H,4-10H2,1-3H3,(H,24,25)(H,26,29)/t16-,17-/m0/s1. The lowest BCUT2D eigenvalue weighted by Gasteiger charge is -2.30. The van der Waals surface area contributed by atoms with Gasteiger partial charge >= 0.3 is 6.09 Å². The molecule has 3 heterocycles. The number of thiophene rings is 1. The summed E-state index contributed by atoms with van der Waals surface area (Å²) in [5, 5.41) is 2.70. The molecule has 2 atom stereocenters. The number of hydrogen-bond donors (Lipinski definition) is 2. The predicted molar refractivity (Wildman–Crippen MR) is 124 cm³/mol. The van der Waals surface area contributed by atoms with Gasteiger partial charge in [-0.2, -0.15) is 0 Å². The van der Waals surface area contributed by atoms with Crippen LogP contribution in [0.4, 0.5) is 4.79 Å². The van der Waals surface area contributed by atoms with E-state index in [1.54, 1.807) is 11.3 Å². The number of nitrogens with one attached hydrogen (secondary N) is 2. The number of nitrogens with zero attached hydrogens (tertiary/aromatic N) is 2. The first kappa shape index (κ1) is 22.3. The zero-order valence-electron chi connectivity index (χ0n) is 18.2. The van der Waals surface area contributed by atoms with Gasteiger partial charge in [0.15, 0.2) is 0 Å². The fourth-order valence-electron chi connectivity index (χ4n) is 4.62. The first-order valence-corrected chi connectivity index (χ1v) is 12.5. The van der Waals surface area contributed by atoms with Crippen LogP contribution in [-0.2, 0) is 22.4 Å². The van der Waals surface area contributed by atoms with Crippen molar-refractivity contribution < 1.29 is 14.3 Å². The largest absolute Gasteiger partial charge is 0.453 e. The Bertz CT molecular complexity index is 970. The molecule has 1 aliphatic heterocycles. The summed E-state index contributed by atoms with van der Waals surface area (Å²) in [5.74, 6) is 0.683. The van der Waals surface area contributed by atoms with Crippen molar-refractivity contribution in [1.82, 2.24) is 20.2 Å². The summed E-state index contributed by atoms with van der Waals surface area (Å²) in [7, 11) is 1.31. The van der Waals surface area contributed by atoms with Crippen molar-refractivity contribution in [3.8, 4) is 10.6 Å². The topological polar surface area (TPSA) is 87.3 Å². The maximum atomic E-state index is 13.3. The highest BCUT2D eigenvalue weighted by Crippen LogP contribution is 2.43. The van der Waals surface area contributed by atoms with Crippen molar-refractivity contribution in [1.29, 1.82) is 0 Å². The summed E-state index contributed by atoms with van der Waals surface area (Å²) in [4.78, 5) is 36.3. The van der Waals surface area contributed by atoms with Crippen molar-refractivity contribution in [2.24, 2.45) is 5.92 Å². The molecule has 0 aromatic carbocycles. The van der Waals surface area contributed by atoms with Crippen molar-refractivity contribution >= 4 is 39.3 Å². The van der Waals surface area contributed by atoms with Gasteiger partial charge in [0.1, 0.15) is 11.9 Å². The van der Waals surface area contributed by atoms with Crippen molar-refractivity contribution in [3.05, 3.63) is 26.9 Å². The van der Waals surface area contributed by atoms with Gasteiger partial charge < -0.3 is 19.9 Å². The van der Waals surface area contributed by atoms with Gasteiger partial charge in [0.25, 0.3) is 0 Å². The van der Waals surface area contributed by atoms with E-state index in [2.05, 4.69) is 31.2 Å². The summed E-state index contributed by atoms with van der Waals surface area (Å²) >= 11 is 5.51. The molecule has 0 radical (unpaired) electrons. The Hall–Kier alpha value is -1.87. The predicted octanol–water partition coefficient (Wildman–Crippen LogP) is 4.82. The minimum Gasteiger partial charge on any atom is -0.453 e. The van der Waals surface area contributed by atoms with Crippen LogP contribution in [0.25, 0.3) is 10.6 Å². The summed E-state index contributed by atoms with van der Waals surface area (Å²) in [6.07, 6.45) is 7.77. The van der Waals surface area contributed by atoms with Crippen molar-refractivity contribution in [3.63, 3.8) is 0 Å². The average molecular weight is 509 g/mol. The molecule has 1 saturated heterocycles. The van der Waals surface area contributed by atoms with Crippen LogP contribution in [-0.4, -0.2) is 46.6 Å². The van der Waals surface area contributed by atoms with Crippen LogP contribution < -0.4 is 5.32 Å². The average Bonchev–Trinajstić information content (AvgIpc) is 3.49. The number of fused-ring (bicyclic) bond motifs is 1. The van der Waals surface area contributed by atoms with E-state index in [1.807, 2.05) is 24.9 Å². The highest BCUT2D eigenvalue weighted by atomic mass is 79.9. The van der Waals surface area contributed by atoms with Crippen LogP contribution in [0.3, 0.4) is 0 Å².